The number of imidazole rings is 1. The van der Waals surface area contributed by atoms with Crippen molar-refractivity contribution in [3.63, 3.8) is 0 Å². The molecule has 0 aromatic carbocycles. The minimum absolute atomic E-state index is 0.219. The van der Waals surface area contributed by atoms with Crippen LogP contribution < -0.4 is 5.32 Å². The van der Waals surface area contributed by atoms with Crippen molar-refractivity contribution in [2.45, 2.75) is 32.4 Å². The number of nitrogens with one attached hydrogen (secondary N) is 1. The molecule has 0 radical (unpaired) electrons. The Morgan fingerprint density at radius 3 is 2.79 bits per heavy atom. The van der Waals surface area contributed by atoms with E-state index in [2.05, 4.69) is 24.1 Å². The maximum atomic E-state index is 8.77. The normalized spacial score (nSPS) is 15.4. The molecule has 2 unspecified atom stereocenters. The smallest absolute Gasteiger partial charge is 0.125 e. The highest BCUT2D eigenvalue weighted by atomic mass is 16.3. The average Bonchev–Trinajstić information content (AvgIpc) is 2.51. The summed E-state index contributed by atoms with van der Waals surface area (Å²) in [5.74, 6) is 1.02. The van der Waals surface area contributed by atoms with Crippen LogP contribution in [0.2, 0.25) is 0 Å². The zero-order chi connectivity index (χ0) is 10.6. The van der Waals surface area contributed by atoms with E-state index >= 15 is 0 Å². The van der Waals surface area contributed by atoms with Crippen LogP contribution in [0.25, 0.3) is 0 Å². The lowest BCUT2D eigenvalue weighted by atomic mass is 10.2. The zero-order valence-electron chi connectivity index (χ0n) is 9.07. The van der Waals surface area contributed by atoms with Gasteiger partial charge < -0.3 is 15.0 Å². The highest BCUT2D eigenvalue weighted by Crippen LogP contribution is 2.09. The fourth-order valence-corrected chi connectivity index (χ4v) is 1.57. The second kappa shape index (κ2) is 5.12. The highest BCUT2D eigenvalue weighted by molar-refractivity contribution is 4.97. The quantitative estimate of drug-likeness (QED) is 0.735. The van der Waals surface area contributed by atoms with E-state index in [0.29, 0.717) is 6.04 Å². The van der Waals surface area contributed by atoms with Crippen LogP contribution in [0.15, 0.2) is 12.4 Å². The van der Waals surface area contributed by atoms with Crippen LogP contribution in [-0.4, -0.2) is 27.3 Å². The van der Waals surface area contributed by atoms with Crippen LogP contribution >= 0.6 is 0 Å². The predicted molar refractivity (Wildman–Crippen MR) is 55.9 cm³/mol. The summed E-state index contributed by atoms with van der Waals surface area (Å²) < 4.78 is 2.00. The van der Waals surface area contributed by atoms with Gasteiger partial charge in [-0.25, -0.2) is 4.98 Å². The van der Waals surface area contributed by atoms with E-state index < -0.39 is 0 Å². The summed E-state index contributed by atoms with van der Waals surface area (Å²) in [6.45, 7) is 4.37. The second-order valence-corrected chi connectivity index (χ2v) is 3.70. The van der Waals surface area contributed by atoms with E-state index in [1.807, 2.05) is 17.8 Å². The molecule has 14 heavy (non-hydrogen) atoms. The molecule has 0 fully saturated rings. The number of aliphatic hydroxyl groups is 1. The van der Waals surface area contributed by atoms with Gasteiger partial charge in [0.25, 0.3) is 0 Å². The van der Waals surface area contributed by atoms with Crippen molar-refractivity contribution in [1.29, 1.82) is 0 Å². The number of aromatic nitrogens is 2. The maximum Gasteiger partial charge on any atom is 0.125 e. The maximum absolute atomic E-state index is 8.77. The van der Waals surface area contributed by atoms with E-state index in [4.69, 9.17) is 5.11 Å². The van der Waals surface area contributed by atoms with Crippen molar-refractivity contribution in [3.05, 3.63) is 18.2 Å². The summed E-state index contributed by atoms with van der Waals surface area (Å²) >= 11 is 0. The third-order valence-corrected chi connectivity index (χ3v) is 2.34. The second-order valence-electron chi connectivity index (χ2n) is 3.70. The van der Waals surface area contributed by atoms with E-state index in [1.165, 1.54) is 0 Å². The van der Waals surface area contributed by atoms with Gasteiger partial charge in [0.2, 0.25) is 0 Å². The third-order valence-electron chi connectivity index (χ3n) is 2.34. The van der Waals surface area contributed by atoms with Crippen molar-refractivity contribution in [2.75, 3.05) is 6.61 Å². The van der Waals surface area contributed by atoms with Gasteiger partial charge in [0.15, 0.2) is 0 Å². The fourth-order valence-electron chi connectivity index (χ4n) is 1.57. The van der Waals surface area contributed by atoms with Gasteiger partial charge in [-0.05, 0) is 20.3 Å². The highest BCUT2D eigenvalue weighted by Gasteiger charge is 2.12. The van der Waals surface area contributed by atoms with Gasteiger partial charge >= 0.3 is 0 Å². The first-order valence-electron chi connectivity index (χ1n) is 4.99. The summed E-state index contributed by atoms with van der Waals surface area (Å²) in [7, 11) is 1.98. The van der Waals surface area contributed by atoms with Crippen molar-refractivity contribution >= 4 is 0 Å². The summed E-state index contributed by atoms with van der Waals surface area (Å²) in [4.78, 5) is 4.27. The number of nitrogens with zero attached hydrogens (tertiary/aromatic N) is 2. The van der Waals surface area contributed by atoms with Gasteiger partial charge in [-0.1, -0.05) is 0 Å². The molecule has 1 heterocycles. The monoisotopic (exact) mass is 197 g/mol. The van der Waals surface area contributed by atoms with Crippen LogP contribution in [0, 0.1) is 0 Å². The van der Waals surface area contributed by atoms with Gasteiger partial charge in [-0.3, -0.25) is 0 Å². The molecule has 1 aromatic rings. The Labute approximate surface area is 85.0 Å². The minimum atomic E-state index is 0.219. The third kappa shape index (κ3) is 2.82. The Morgan fingerprint density at radius 2 is 2.29 bits per heavy atom. The average molecular weight is 197 g/mol. The topological polar surface area (TPSA) is 50.1 Å². The Kier molecular flexibility index (Phi) is 4.10. The molecule has 0 aliphatic heterocycles. The SMILES string of the molecule is CC(CCO)NC(C)c1nccn1C. The standard InChI is InChI=1S/C10H19N3O/c1-8(4-7-14)12-9(2)10-11-5-6-13(10)3/h5-6,8-9,12,14H,4,7H2,1-3H3. The molecule has 1 rings (SSSR count). The van der Waals surface area contributed by atoms with E-state index in [-0.39, 0.29) is 12.6 Å². The summed E-state index contributed by atoms with van der Waals surface area (Å²) in [6, 6.07) is 0.531. The Morgan fingerprint density at radius 1 is 1.57 bits per heavy atom. The number of aryl methyl sites for hydroxylation is 1. The lowest BCUT2D eigenvalue weighted by molar-refractivity contribution is 0.263. The van der Waals surface area contributed by atoms with Crippen molar-refractivity contribution < 1.29 is 5.11 Å². The first-order chi connectivity index (χ1) is 6.65. The number of rotatable bonds is 5. The van der Waals surface area contributed by atoms with Crippen LogP contribution in [0.1, 0.15) is 32.1 Å². The number of hydrogen-bond donors (Lipinski definition) is 2. The molecule has 2 N–H and O–H groups in total. The van der Waals surface area contributed by atoms with Crippen molar-refractivity contribution in [3.8, 4) is 0 Å². The molecule has 0 aliphatic rings. The largest absolute Gasteiger partial charge is 0.396 e. The van der Waals surface area contributed by atoms with Crippen LogP contribution in [0.3, 0.4) is 0 Å². The lowest BCUT2D eigenvalue weighted by Gasteiger charge is -2.18. The molecular formula is C10H19N3O. The molecule has 0 bridgehead atoms. The molecule has 2 atom stereocenters. The van der Waals surface area contributed by atoms with Crippen LogP contribution in [-0.2, 0) is 7.05 Å². The van der Waals surface area contributed by atoms with Gasteiger partial charge in [-0.2, -0.15) is 0 Å². The number of aliphatic hydroxyl groups excluding tert-OH is 1. The van der Waals surface area contributed by atoms with Crippen LogP contribution in [0.4, 0.5) is 0 Å². The minimum Gasteiger partial charge on any atom is -0.396 e. The molecule has 0 saturated heterocycles. The summed E-state index contributed by atoms with van der Waals surface area (Å²) in [6.07, 6.45) is 4.50. The van der Waals surface area contributed by atoms with Gasteiger partial charge in [-0.15, -0.1) is 0 Å². The van der Waals surface area contributed by atoms with Crippen molar-refractivity contribution in [2.24, 2.45) is 7.05 Å². The van der Waals surface area contributed by atoms with Crippen LogP contribution in [0.5, 0.6) is 0 Å². The fraction of sp³-hybridized carbons (Fsp3) is 0.700. The molecule has 4 heteroatoms. The van der Waals surface area contributed by atoms with E-state index in [0.717, 1.165) is 12.2 Å². The summed E-state index contributed by atoms with van der Waals surface area (Å²) in [5, 5.41) is 12.2. The lowest BCUT2D eigenvalue weighted by Crippen LogP contribution is -2.31. The van der Waals surface area contributed by atoms with Gasteiger partial charge in [0.05, 0.1) is 6.04 Å². The Hall–Kier alpha value is -0.870. The predicted octanol–water partition coefficient (Wildman–Crippen LogP) is 0.842. The molecular weight excluding hydrogens is 178 g/mol. The van der Waals surface area contributed by atoms with E-state index in [9.17, 15) is 0 Å². The van der Waals surface area contributed by atoms with Gasteiger partial charge in [0.1, 0.15) is 5.82 Å². The van der Waals surface area contributed by atoms with E-state index in [1.54, 1.807) is 6.20 Å². The zero-order valence-corrected chi connectivity index (χ0v) is 9.07. The molecule has 1 aromatic heterocycles. The summed E-state index contributed by atoms with van der Waals surface area (Å²) in [5.41, 5.74) is 0. The first-order valence-corrected chi connectivity index (χ1v) is 4.99. The molecule has 0 saturated carbocycles. The number of hydrogen-bond acceptors (Lipinski definition) is 3. The molecule has 0 aliphatic carbocycles. The molecule has 4 nitrogen and oxygen atoms in total. The first kappa shape index (κ1) is 11.2. The molecule has 0 amide bonds. The van der Waals surface area contributed by atoms with Crippen molar-refractivity contribution in [1.82, 2.24) is 14.9 Å². The Bertz CT molecular complexity index is 272. The van der Waals surface area contributed by atoms with Gasteiger partial charge in [0, 0.05) is 32.1 Å². The Balaban J connectivity index is 2.50. The molecule has 0 spiro atoms. The molecule has 80 valence electrons.